The normalized spacial score (nSPS) is 19.5. The first kappa shape index (κ1) is 20.0. The van der Waals surface area contributed by atoms with Crippen molar-refractivity contribution < 1.29 is 9.59 Å². The van der Waals surface area contributed by atoms with Crippen LogP contribution in [0.2, 0.25) is 0 Å². The van der Waals surface area contributed by atoms with Crippen molar-refractivity contribution in [3.8, 4) is 0 Å². The van der Waals surface area contributed by atoms with E-state index in [9.17, 15) is 9.59 Å². The van der Waals surface area contributed by atoms with E-state index in [1.807, 2.05) is 65.3 Å². The maximum Gasteiger partial charge on any atom is 0.256 e. The Morgan fingerprint density at radius 1 is 0.968 bits per heavy atom. The minimum Gasteiger partial charge on any atom is -0.310 e. The van der Waals surface area contributed by atoms with Gasteiger partial charge in [0.25, 0.3) is 5.91 Å². The van der Waals surface area contributed by atoms with Crippen molar-refractivity contribution in [2.45, 2.75) is 25.4 Å². The summed E-state index contributed by atoms with van der Waals surface area (Å²) in [5, 5.41) is 0. The van der Waals surface area contributed by atoms with Crippen molar-refractivity contribution in [1.29, 1.82) is 0 Å². The molecule has 2 aliphatic heterocycles. The quantitative estimate of drug-likeness (QED) is 0.539. The van der Waals surface area contributed by atoms with Crippen LogP contribution in [0.3, 0.4) is 0 Å². The highest BCUT2D eigenvalue weighted by molar-refractivity contribution is 9.10. The Hall–Kier alpha value is -2.92. The smallest absolute Gasteiger partial charge is 0.256 e. The summed E-state index contributed by atoms with van der Waals surface area (Å²) in [7, 11) is 0. The molecule has 3 aromatic carbocycles. The second-order valence-electron chi connectivity index (χ2n) is 8.21. The molecule has 2 heterocycles. The van der Waals surface area contributed by atoms with Gasteiger partial charge in [-0.25, -0.2) is 0 Å². The molecule has 0 aromatic heterocycles. The van der Waals surface area contributed by atoms with E-state index in [1.165, 1.54) is 0 Å². The number of amides is 2. The van der Waals surface area contributed by atoms with Crippen LogP contribution in [0, 0.1) is 6.92 Å². The van der Waals surface area contributed by atoms with Gasteiger partial charge in [0, 0.05) is 40.7 Å². The first-order valence-electron chi connectivity index (χ1n) is 10.6. The Morgan fingerprint density at radius 3 is 2.42 bits per heavy atom. The van der Waals surface area contributed by atoms with Crippen LogP contribution in [0.1, 0.15) is 39.0 Å². The first-order valence-corrected chi connectivity index (χ1v) is 11.3. The molecule has 4 nitrogen and oxygen atoms in total. The van der Waals surface area contributed by atoms with E-state index in [2.05, 4.69) is 40.2 Å². The molecule has 1 unspecified atom stereocenters. The van der Waals surface area contributed by atoms with Crippen molar-refractivity contribution >= 4 is 27.7 Å². The van der Waals surface area contributed by atoms with Crippen molar-refractivity contribution in [1.82, 2.24) is 9.80 Å². The molecule has 0 bridgehead atoms. The van der Waals surface area contributed by atoms with Crippen molar-refractivity contribution in [2.24, 2.45) is 0 Å². The van der Waals surface area contributed by atoms with Crippen LogP contribution in [0.25, 0.3) is 0 Å². The number of carbonyl (C=O) groups is 2. The summed E-state index contributed by atoms with van der Waals surface area (Å²) in [6.45, 7) is 3.11. The zero-order chi connectivity index (χ0) is 21.6. The van der Waals surface area contributed by atoms with Crippen LogP contribution in [0.15, 0.2) is 77.3 Å². The van der Waals surface area contributed by atoms with Gasteiger partial charge >= 0.3 is 0 Å². The second kappa shape index (κ2) is 7.65. The number of benzene rings is 3. The molecule has 0 N–H and O–H groups in total. The summed E-state index contributed by atoms with van der Waals surface area (Å²) >= 11 is 3.46. The summed E-state index contributed by atoms with van der Waals surface area (Å²) in [6, 6.07) is 24.0. The average Bonchev–Trinajstić information content (AvgIpc) is 3.29. The highest BCUT2D eigenvalue weighted by Gasteiger charge is 2.59. The molecule has 0 aliphatic carbocycles. The fourth-order valence-corrected chi connectivity index (χ4v) is 5.19. The molecule has 3 aromatic rings. The minimum absolute atomic E-state index is 0.000570. The molecule has 0 saturated carbocycles. The third kappa shape index (κ3) is 3.10. The topological polar surface area (TPSA) is 40.6 Å². The van der Waals surface area contributed by atoms with Crippen molar-refractivity contribution in [3.05, 3.63) is 105 Å². The van der Waals surface area contributed by atoms with Gasteiger partial charge in [0.15, 0.2) is 5.66 Å². The lowest BCUT2D eigenvalue weighted by molar-refractivity contribution is -0.136. The monoisotopic (exact) mass is 474 g/mol. The molecule has 2 amide bonds. The highest BCUT2D eigenvalue weighted by Crippen LogP contribution is 2.49. The lowest BCUT2D eigenvalue weighted by Gasteiger charge is -2.40. The zero-order valence-electron chi connectivity index (χ0n) is 17.3. The first-order chi connectivity index (χ1) is 15.0. The van der Waals surface area contributed by atoms with Gasteiger partial charge in [-0.15, -0.1) is 0 Å². The van der Waals surface area contributed by atoms with Gasteiger partial charge in [0.2, 0.25) is 5.91 Å². The largest absolute Gasteiger partial charge is 0.310 e. The molecule has 1 atom stereocenters. The van der Waals surface area contributed by atoms with Crippen LogP contribution in [0.5, 0.6) is 0 Å². The number of hydrogen-bond donors (Lipinski definition) is 0. The molecule has 0 spiro atoms. The van der Waals surface area contributed by atoms with Gasteiger partial charge in [0.05, 0.1) is 0 Å². The van der Waals surface area contributed by atoms with Gasteiger partial charge < -0.3 is 9.80 Å². The van der Waals surface area contributed by atoms with E-state index >= 15 is 0 Å². The Kier molecular flexibility index (Phi) is 4.94. The van der Waals surface area contributed by atoms with Gasteiger partial charge in [0.1, 0.15) is 0 Å². The standard InChI is InChI=1S/C26H23BrN2O2/c1-18-6-11-20(12-7-18)26-23-5-3-2-4-22(23)25(31)29(26)17-16-28(26)24(30)15-10-19-8-13-21(27)14-9-19/h2-9,11-14H,10,15-17H2,1H3. The Labute approximate surface area is 190 Å². The van der Waals surface area contributed by atoms with Gasteiger partial charge in [-0.2, -0.15) is 0 Å². The van der Waals surface area contributed by atoms with Crippen LogP contribution in [-0.4, -0.2) is 34.7 Å². The van der Waals surface area contributed by atoms with E-state index < -0.39 is 5.66 Å². The molecule has 156 valence electrons. The maximum absolute atomic E-state index is 13.6. The molecule has 0 radical (unpaired) electrons. The number of rotatable bonds is 4. The lowest BCUT2D eigenvalue weighted by Crippen LogP contribution is -2.51. The summed E-state index contributed by atoms with van der Waals surface area (Å²) in [5.74, 6) is 0.0647. The lowest BCUT2D eigenvalue weighted by atomic mass is 9.89. The van der Waals surface area contributed by atoms with Crippen LogP contribution in [0.4, 0.5) is 0 Å². The predicted octanol–water partition coefficient (Wildman–Crippen LogP) is 4.89. The fraction of sp³-hybridized carbons (Fsp3) is 0.231. The molecule has 31 heavy (non-hydrogen) atoms. The van der Waals surface area contributed by atoms with E-state index in [1.54, 1.807) is 0 Å². The molecule has 5 rings (SSSR count). The van der Waals surface area contributed by atoms with E-state index in [-0.39, 0.29) is 11.8 Å². The van der Waals surface area contributed by atoms with Crippen molar-refractivity contribution in [2.75, 3.05) is 13.1 Å². The Morgan fingerprint density at radius 2 is 1.68 bits per heavy atom. The van der Waals surface area contributed by atoms with Gasteiger partial charge in [-0.3, -0.25) is 9.59 Å². The summed E-state index contributed by atoms with van der Waals surface area (Å²) in [4.78, 5) is 30.6. The number of nitrogens with zero attached hydrogens (tertiary/aromatic N) is 2. The molecule has 2 aliphatic rings. The van der Waals surface area contributed by atoms with Crippen LogP contribution < -0.4 is 0 Å². The average molecular weight is 475 g/mol. The molecular weight excluding hydrogens is 452 g/mol. The third-order valence-electron chi connectivity index (χ3n) is 6.40. The second-order valence-corrected chi connectivity index (χ2v) is 9.13. The molecular formula is C26H23BrN2O2. The molecule has 1 saturated heterocycles. The fourth-order valence-electron chi connectivity index (χ4n) is 4.92. The predicted molar refractivity (Wildman–Crippen MR) is 124 cm³/mol. The summed E-state index contributed by atoms with van der Waals surface area (Å²) < 4.78 is 1.03. The van der Waals surface area contributed by atoms with Crippen molar-refractivity contribution in [3.63, 3.8) is 0 Å². The number of carbonyl (C=O) groups excluding carboxylic acids is 2. The third-order valence-corrected chi connectivity index (χ3v) is 6.93. The number of hydrogen-bond acceptors (Lipinski definition) is 2. The maximum atomic E-state index is 13.6. The van der Waals surface area contributed by atoms with Crippen LogP contribution in [-0.2, 0) is 16.9 Å². The van der Waals surface area contributed by atoms with Gasteiger partial charge in [-0.05, 0) is 37.1 Å². The zero-order valence-corrected chi connectivity index (χ0v) is 18.9. The van der Waals surface area contributed by atoms with E-state index in [0.717, 1.165) is 26.7 Å². The number of fused-ring (bicyclic) bond motifs is 3. The summed E-state index contributed by atoms with van der Waals surface area (Å²) in [6.07, 6.45) is 1.07. The van der Waals surface area contributed by atoms with Crippen LogP contribution >= 0.6 is 15.9 Å². The minimum atomic E-state index is -0.863. The highest BCUT2D eigenvalue weighted by atomic mass is 79.9. The van der Waals surface area contributed by atoms with E-state index in [0.29, 0.717) is 31.5 Å². The molecule has 5 heteroatoms. The molecule has 1 fully saturated rings. The Balaban J connectivity index is 1.55. The number of halogens is 1. The SMILES string of the molecule is Cc1ccc(C23c4ccccc4C(=O)N2CCN3C(=O)CCc2ccc(Br)cc2)cc1. The van der Waals surface area contributed by atoms with Gasteiger partial charge in [-0.1, -0.05) is 76.1 Å². The number of aryl methyl sites for hydroxylation is 2. The summed E-state index contributed by atoms with van der Waals surface area (Å²) in [5.41, 5.74) is 3.96. The Bertz CT molecular complexity index is 1160. The van der Waals surface area contributed by atoms with E-state index in [4.69, 9.17) is 0 Å².